The van der Waals surface area contributed by atoms with Crippen molar-refractivity contribution < 1.29 is 9.53 Å². The number of hydrogen-bond acceptors (Lipinski definition) is 4. The van der Waals surface area contributed by atoms with Gasteiger partial charge in [-0.2, -0.15) is 0 Å². The largest absolute Gasteiger partial charge is 0.381 e. The predicted molar refractivity (Wildman–Crippen MR) is 127 cm³/mol. The van der Waals surface area contributed by atoms with E-state index in [1.54, 1.807) is 0 Å². The Morgan fingerprint density at radius 2 is 1.81 bits per heavy atom. The van der Waals surface area contributed by atoms with Crippen LogP contribution in [0.5, 0.6) is 0 Å². The highest BCUT2D eigenvalue weighted by Gasteiger charge is 2.26. The van der Waals surface area contributed by atoms with Crippen LogP contribution in [0.15, 0.2) is 42.7 Å². The fraction of sp³-hybridized carbons (Fsp3) is 0.519. The number of aryl methyl sites for hydroxylation is 1. The van der Waals surface area contributed by atoms with E-state index in [0.717, 1.165) is 53.5 Å². The van der Waals surface area contributed by atoms with Crippen molar-refractivity contribution in [3.8, 4) is 11.4 Å². The Morgan fingerprint density at radius 3 is 2.39 bits per heavy atom. The summed E-state index contributed by atoms with van der Waals surface area (Å²) in [4.78, 5) is 19.7. The van der Waals surface area contributed by atoms with Crippen molar-refractivity contribution >= 4 is 11.9 Å². The summed E-state index contributed by atoms with van der Waals surface area (Å²) < 4.78 is 5.53. The quantitative estimate of drug-likeness (QED) is 0.423. The molecule has 3 rings (SSSR count). The van der Waals surface area contributed by atoms with Gasteiger partial charge in [-0.15, -0.1) is 0 Å². The second-order valence-corrected chi connectivity index (χ2v) is 8.76. The minimum absolute atomic E-state index is 0.467. The fourth-order valence-electron chi connectivity index (χ4n) is 4.66. The van der Waals surface area contributed by atoms with Crippen LogP contribution in [0.1, 0.15) is 69.9 Å². The number of rotatable bonds is 10. The van der Waals surface area contributed by atoms with Crippen molar-refractivity contribution in [2.45, 2.75) is 71.3 Å². The molecule has 1 saturated carbocycles. The number of nitrogens with zero attached hydrogens (tertiary/aromatic N) is 2. The van der Waals surface area contributed by atoms with Crippen LogP contribution in [0, 0.1) is 11.8 Å². The lowest BCUT2D eigenvalue weighted by Crippen LogP contribution is -2.25. The Balaban J connectivity index is 1.59. The van der Waals surface area contributed by atoms with Crippen molar-refractivity contribution in [2.24, 2.45) is 11.8 Å². The molecule has 1 aromatic carbocycles. The second kappa shape index (κ2) is 11.9. The number of ether oxygens (including phenoxy) is 1. The second-order valence-electron chi connectivity index (χ2n) is 8.76. The van der Waals surface area contributed by atoms with Gasteiger partial charge in [0.15, 0.2) is 5.82 Å². The topological polar surface area (TPSA) is 52.1 Å². The van der Waals surface area contributed by atoms with Gasteiger partial charge in [0.1, 0.15) is 6.29 Å². The molecular formula is C27H36N2O2. The lowest BCUT2D eigenvalue weighted by Gasteiger charge is -2.32. The van der Waals surface area contributed by atoms with E-state index in [4.69, 9.17) is 4.74 Å². The molecule has 0 amide bonds. The summed E-state index contributed by atoms with van der Waals surface area (Å²) in [6, 6.07) is 8.16. The molecule has 4 nitrogen and oxygen atoms in total. The number of aromatic nitrogens is 2. The maximum Gasteiger partial charge on any atom is 0.159 e. The first-order valence-electron chi connectivity index (χ1n) is 11.7. The van der Waals surface area contributed by atoms with Crippen molar-refractivity contribution in [3.05, 3.63) is 53.9 Å². The minimum atomic E-state index is 0.467. The van der Waals surface area contributed by atoms with Crippen LogP contribution < -0.4 is 0 Å². The van der Waals surface area contributed by atoms with Gasteiger partial charge in [0.25, 0.3) is 0 Å². The monoisotopic (exact) mass is 420 g/mol. The van der Waals surface area contributed by atoms with Gasteiger partial charge < -0.3 is 9.53 Å². The molecule has 0 bridgehead atoms. The third kappa shape index (κ3) is 6.57. The van der Waals surface area contributed by atoms with E-state index >= 15 is 0 Å². The highest BCUT2D eigenvalue weighted by molar-refractivity contribution is 5.64. The first-order valence-corrected chi connectivity index (χ1v) is 11.7. The zero-order valence-electron chi connectivity index (χ0n) is 19.2. The van der Waals surface area contributed by atoms with Crippen LogP contribution in [0.4, 0.5) is 0 Å². The molecule has 31 heavy (non-hydrogen) atoms. The molecule has 0 N–H and O–H groups in total. The van der Waals surface area contributed by atoms with Gasteiger partial charge in [-0.1, -0.05) is 43.7 Å². The molecule has 166 valence electrons. The van der Waals surface area contributed by atoms with Crippen LogP contribution >= 0.6 is 0 Å². The zero-order chi connectivity index (χ0) is 22.1. The van der Waals surface area contributed by atoms with Gasteiger partial charge in [0, 0.05) is 37.1 Å². The molecule has 1 aliphatic carbocycles. The molecule has 1 aliphatic rings. The zero-order valence-corrected chi connectivity index (χ0v) is 19.2. The maximum absolute atomic E-state index is 10.5. The summed E-state index contributed by atoms with van der Waals surface area (Å²) in [5.41, 5.74) is 4.50. The molecular weight excluding hydrogens is 384 g/mol. The molecule has 1 atom stereocenters. The van der Waals surface area contributed by atoms with Crippen molar-refractivity contribution in [1.29, 1.82) is 0 Å². The normalized spacial score (nSPS) is 20.4. The Hall–Kier alpha value is -2.33. The number of hydrogen-bond donors (Lipinski definition) is 0. The SMILES string of the molecule is CCC(C/C=C(\C)c1cnc(-c2ccc(CCC=O)cc2)nc1)C1CCC(OC)CC1. The molecule has 0 saturated heterocycles. The van der Waals surface area contributed by atoms with Crippen LogP contribution in [0.2, 0.25) is 0 Å². The van der Waals surface area contributed by atoms with Crippen LogP contribution in [0.3, 0.4) is 0 Å². The number of benzene rings is 1. The third-order valence-electron chi connectivity index (χ3n) is 6.84. The highest BCUT2D eigenvalue weighted by Crippen LogP contribution is 2.35. The summed E-state index contributed by atoms with van der Waals surface area (Å²) in [5.74, 6) is 2.29. The fourth-order valence-corrected chi connectivity index (χ4v) is 4.66. The summed E-state index contributed by atoms with van der Waals surface area (Å²) in [6.07, 6.45) is 16.3. The average molecular weight is 421 g/mol. The van der Waals surface area contributed by atoms with Crippen molar-refractivity contribution in [3.63, 3.8) is 0 Å². The van der Waals surface area contributed by atoms with E-state index < -0.39 is 0 Å². The first-order chi connectivity index (χ1) is 15.1. The van der Waals surface area contributed by atoms with E-state index in [9.17, 15) is 4.79 Å². The maximum atomic E-state index is 10.5. The van der Waals surface area contributed by atoms with Crippen molar-refractivity contribution in [1.82, 2.24) is 9.97 Å². The molecule has 1 aromatic heterocycles. The van der Waals surface area contributed by atoms with Gasteiger partial charge >= 0.3 is 0 Å². The molecule has 0 radical (unpaired) electrons. The molecule has 0 aliphatic heterocycles. The highest BCUT2D eigenvalue weighted by atomic mass is 16.5. The van der Waals surface area contributed by atoms with Crippen LogP contribution in [0.25, 0.3) is 17.0 Å². The third-order valence-corrected chi connectivity index (χ3v) is 6.84. The number of allylic oxidation sites excluding steroid dienone is 2. The van der Waals surface area contributed by atoms with Crippen LogP contribution in [-0.2, 0) is 16.0 Å². The number of methoxy groups -OCH3 is 1. The molecule has 2 aromatic rings. The van der Waals surface area contributed by atoms with Crippen LogP contribution in [-0.4, -0.2) is 29.5 Å². The number of carbonyl (C=O) groups excluding carboxylic acids is 1. The predicted octanol–water partition coefficient (Wildman–Crippen LogP) is 6.30. The van der Waals surface area contributed by atoms with E-state index in [-0.39, 0.29) is 0 Å². The van der Waals surface area contributed by atoms with Gasteiger partial charge in [-0.3, -0.25) is 0 Å². The molecule has 1 heterocycles. The Kier molecular flexibility index (Phi) is 8.96. The Labute approximate surface area is 187 Å². The van der Waals surface area contributed by atoms with Gasteiger partial charge in [0.2, 0.25) is 0 Å². The number of aldehydes is 1. The average Bonchev–Trinajstić information content (AvgIpc) is 2.84. The number of carbonyl (C=O) groups is 1. The van der Waals surface area contributed by atoms with Crippen molar-refractivity contribution in [2.75, 3.05) is 7.11 Å². The lowest BCUT2D eigenvalue weighted by molar-refractivity contribution is -0.107. The standard InChI is InChI=1S/C27H36N2O2/c1-4-22(23-13-15-26(31-3)16-14-23)10-7-20(2)25-18-28-27(29-19-25)24-11-8-21(9-12-24)6-5-17-30/h7-9,11-12,17-19,22-23,26H,4-6,10,13-16H2,1-3H3/b20-7+. The first kappa shape index (κ1) is 23.3. The van der Waals surface area contributed by atoms with Gasteiger partial charge in [-0.25, -0.2) is 9.97 Å². The smallest absolute Gasteiger partial charge is 0.159 e. The molecule has 0 spiro atoms. The molecule has 4 heteroatoms. The van der Waals surface area contributed by atoms with E-state index in [0.29, 0.717) is 12.5 Å². The molecule has 1 fully saturated rings. The summed E-state index contributed by atoms with van der Waals surface area (Å²) in [7, 11) is 1.84. The minimum Gasteiger partial charge on any atom is -0.381 e. The Bertz CT molecular complexity index is 835. The van der Waals surface area contributed by atoms with E-state index in [1.807, 2.05) is 43.8 Å². The summed E-state index contributed by atoms with van der Waals surface area (Å²) in [6.45, 7) is 4.48. The van der Waals surface area contributed by atoms with Gasteiger partial charge in [0.05, 0.1) is 6.10 Å². The Morgan fingerprint density at radius 1 is 1.13 bits per heavy atom. The van der Waals surface area contributed by atoms with E-state index in [1.165, 1.54) is 37.7 Å². The summed E-state index contributed by atoms with van der Waals surface area (Å²) in [5, 5.41) is 0. The van der Waals surface area contributed by atoms with Gasteiger partial charge in [-0.05, 0) is 68.4 Å². The molecule has 1 unspecified atom stereocenters. The lowest BCUT2D eigenvalue weighted by atomic mass is 9.76. The summed E-state index contributed by atoms with van der Waals surface area (Å²) >= 11 is 0. The van der Waals surface area contributed by atoms with E-state index in [2.05, 4.69) is 29.9 Å².